The molecule has 1 N–H and O–H groups in total. The average molecular weight is 280 g/mol. The van der Waals surface area contributed by atoms with Gasteiger partial charge in [0.2, 0.25) is 0 Å². The molecular weight excluding hydrogens is 267 g/mol. The molecule has 0 radical (unpaired) electrons. The predicted molar refractivity (Wildman–Crippen MR) is 81.0 cm³/mol. The van der Waals surface area contributed by atoms with Crippen LogP contribution in [0.2, 0.25) is 0 Å². The van der Waals surface area contributed by atoms with Gasteiger partial charge < -0.3 is 5.11 Å². The van der Waals surface area contributed by atoms with Gasteiger partial charge in [-0.15, -0.1) is 0 Å². The Morgan fingerprint density at radius 3 is 2.29 bits per heavy atom. The van der Waals surface area contributed by atoms with Gasteiger partial charge in [0.05, 0.1) is 5.56 Å². The molecule has 0 saturated carbocycles. The second kappa shape index (κ2) is 5.02. The Labute approximate surface area is 121 Å². The molecule has 0 bridgehead atoms. The molecule has 0 amide bonds. The van der Waals surface area contributed by atoms with E-state index in [1.807, 2.05) is 43.3 Å². The highest BCUT2D eigenvalue weighted by atomic mass is 19.1. The van der Waals surface area contributed by atoms with Crippen LogP contribution in [0.25, 0.3) is 21.9 Å². The molecule has 0 atom stereocenters. The van der Waals surface area contributed by atoms with Crippen LogP contribution in [0.4, 0.5) is 4.39 Å². The largest absolute Gasteiger partial charge is 0.478 e. The molecule has 0 aliphatic rings. The van der Waals surface area contributed by atoms with Crippen LogP contribution in [-0.2, 0) is 0 Å². The lowest BCUT2D eigenvalue weighted by Crippen LogP contribution is -1.98. The van der Waals surface area contributed by atoms with E-state index >= 15 is 0 Å². The van der Waals surface area contributed by atoms with Crippen LogP contribution >= 0.6 is 0 Å². The van der Waals surface area contributed by atoms with Gasteiger partial charge in [-0.25, -0.2) is 9.18 Å². The van der Waals surface area contributed by atoms with Crippen LogP contribution in [-0.4, -0.2) is 11.1 Å². The quantitative estimate of drug-likeness (QED) is 0.741. The Kier molecular flexibility index (Phi) is 3.18. The van der Waals surface area contributed by atoms with Gasteiger partial charge in [0.25, 0.3) is 0 Å². The fraction of sp³-hybridized carbons (Fsp3) is 0.0556. The van der Waals surface area contributed by atoms with Gasteiger partial charge in [-0.05, 0) is 41.0 Å². The molecule has 3 aromatic carbocycles. The van der Waals surface area contributed by atoms with Crippen molar-refractivity contribution in [3.05, 3.63) is 71.5 Å². The number of hydrogen-bond donors (Lipinski definition) is 1. The number of benzene rings is 3. The van der Waals surface area contributed by atoms with E-state index in [0.29, 0.717) is 5.56 Å². The molecule has 0 aliphatic carbocycles. The topological polar surface area (TPSA) is 37.3 Å². The normalized spacial score (nSPS) is 10.8. The van der Waals surface area contributed by atoms with Crippen molar-refractivity contribution in [2.24, 2.45) is 0 Å². The van der Waals surface area contributed by atoms with Crippen molar-refractivity contribution < 1.29 is 14.3 Å². The molecular formula is C18H13FO2. The van der Waals surface area contributed by atoms with E-state index in [9.17, 15) is 9.18 Å². The number of carbonyl (C=O) groups is 1. The van der Waals surface area contributed by atoms with Crippen molar-refractivity contribution in [1.29, 1.82) is 0 Å². The smallest absolute Gasteiger partial charge is 0.335 e. The van der Waals surface area contributed by atoms with Crippen molar-refractivity contribution in [2.75, 3.05) is 0 Å². The zero-order valence-electron chi connectivity index (χ0n) is 11.4. The van der Waals surface area contributed by atoms with Crippen LogP contribution in [0.3, 0.4) is 0 Å². The number of carboxylic acids is 1. The Hall–Kier alpha value is -2.68. The molecule has 3 aromatic rings. The van der Waals surface area contributed by atoms with Crippen LogP contribution in [0.5, 0.6) is 0 Å². The first-order valence-electron chi connectivity index (χ1n) is 6.59. The van der Waals surface area contributed by atoms with E-state index in [2.05, 4.69) is 0 Å². The molecule has 0 spiro atoms. The van der Waals surface area contributed by atoms with Crippen LogP contribution in [0.15, 0.2) is 54.6 Å². The van der Waals surface area contributed by atoms with E-state index < -0.39 is 11.8 Å². The third-order valence-electron chi connectivity index (χ3n) is 3.65. The summed E-state index contributed by atoms with van der Waals surface area (Å²) in [4.78, 5) is 10.9. The van der Waals surface area contributed by atoms with Crippen molar-refractivity contribution in [1.82, 2.24) is 0 Å². The number of halogens is 1. The fourth-order valence-corrected chi connectivity index (χ4v) is 2.55. The third-order valence-corrected chi connectivity index (χ3v) is 3.65. The van der Waals surface area contributed by atoms with Gasteiger partial charge in [-0.1, -0.05) is 42.5 Å². The van der Waals surface area contributed by atoms with Gasteiger partial charge in [-0.3, -0.25) is 0 Å². The maximum absolute atomic E-state index is 14.3. The zero-order valence-corrected chi connectivity index (χ0v) is 11.4. The number of hydrogen-bond acceptors (Lipinski definition) is 1. The summed E-state index contributed by atoms with van der Waals surface area (Å²) < 4.78 is 14.3. The van der Waals surface area contributed by atoms with E-state index in [0.717, 1.165) is 28.0 Å². The maximum Gasteiger partial charge on any atom is 0.335 e. The molecule has 0 fully saturated rings. The third kappa shape index (κ3) is 2.27. The van der Waals surface area contributed by atoms with Crippen molar-refractivity contribution in [3.63, 3.8) is 0 Å². The van der Waals surface area contributed by atoms with Crippen LogP contribution < -0.4 is 0 Å². The zero-order chi connectivity index (χ0) is 15.0. The summed E-state index contributed by atoms with van der Waals surface area (Å²) in [6, 6.07) is 15.6. The van der Waals surface area contributed by atoms with Crippen molar-refractivity contribution in [2.45, 2.75) is 6.92 Å². The molecule has 3 heteroatoms. The SMILES string of the molecule is Cc1ccc(-c2ccc(C(=O)O)cc2F)c2ccccc12. The summed E-state index contributed by atoms with van der Waals surface area (Å²) in [5.74, 6) is -1.65. The number of fused-ring (bicyclic) bond motifs is 1. The first-order valence-corrected chi connectivity index (χ1v) is 6.59. The summed E-state index contributed by atoms with van der Waals surface area (Å²) in [7, 11) is 0. The van der Waals surface area contributed by atoms with Gasteiger partial charge in [0.1, 0.15) is 5.82 Å². The lowest BCUT2D eigenvalue weighted by atomic mass is 9.94. The number of rotatable bonds is 2. The van der Waals surface area contributed by atoms with Crippen molar-refractivity contribution in [3.8, 4) is 11.1 Å². The molecule has 21 heavy (non-hydrogen) atoms. The van der Waals surface area contributed by atoms with E-state index in [-0.39, 0.29) is 5.56 Å². The minimum atomic E-state index is -1.13. The predicted octanol–water partition coefficient (Wildman–Crippen LogP) is 4.65. The maximum atomic E-state index is 14.3. The van der Waals surface area contributed by atoms with Crippen LogP contribution in [0, 0.1) is 12.7 Å². The summed E-state index contributed by atoms with van der Waals surface area (Å²) in [6.45, 7) is 2.01. The van der Waals surface area contributed by atoms with E-state index in [4.69, 9.17) is 5.11 Å². The molecule has 0 unspecified atom stereocenters. The van der Waals surface area contributed by atoms with E-state index in [1.54, 1.807) is 0 Å². The Balaban J connectivity index is 2.26. The minimum Gasteiger partial charge on any atom is -0.478 e. The second-order valence-electron chi connectivity index (χ2n) is 4.98. The Bertz CT molecular complexity index is 853. The van der Waals surface area contributed by atoms with E-state index in [1.165, 1.54) is 12.1 Å². The molecule has 0 heterocycles. The highest BCUT2D eigenvalue weighted by Crippen LogP contribution is 2.32. The average Bonchev–Trinajstić information content (AvgIpc) is 2.48. The molecule has 3 rings (SSSR count). The highest BCUT2D eigenvalue weighted by Gasteiger charge is 2.12. The number of aryl methyl sites for hydroxylation is 1. The van der Waals surface area contributed by atoms with Gasteiger partial charge >= 0.3 is 5.97 Å². The van der Waals surface area contributed by atoms with Gasteiger partial charge in [-0.2, -0.15) is 0 Å². The minimum absolute atomic E-state index is 0.0485. The molecule has 104 valence electrons. The Morgan fingerprint density at radius 2 is 1.62 bits per heavy atom. The summed E-state index contributed by atoms with van der Waals surface area (Å²) in [6.07, 6.45) is 0. The fourth-order valence-electron chi connectivity index (χ4n) is 2.55. The number of aromatic carboxylic acids is 1. The lowest BCUT2D eigenvalue weighted by molar-refractivity contribution is 0.0696. The molecule has 0 aliphatic heterocycles. The monoisotopic (exact) mass is 280 g/mol. The highest BCUT2D eigenvalue weighted by molar-refractivity contribution is 5.99. The lowest BCUT2D eigenvalue weighted by Gasteiger charge is -2.10. The molecule has 0 saturated heterocycles. The summed E-state index contributed by atoms with van der Waals surface area (Å²) in [5, 5.41) is 10.9. The molecule has 0 aromatic heterocycles. The van der Waals surface area contributed by atoms with Gasteiger partial charge in [0.15, 0.2) is 0 Å². The van der Waals surface area contributed by atoms with Gasteiger partial charge in [0, 0.05) is 5.56 Å². The van der Waals surface area contributed by atoms with Crippen molar-refractivity contribution >= 4 is 16.7 Å². The summed E-state index contributed by atoms with van der Waals surface area (Å²) in [5.41, 5.74) is 2.26. The Morgan fingerprint density at radius 1 is 0.952 bits per heavy atom. The standard InChI is InChI=1S/C18H13FO2/c1-11-6-8-15(14-5-3-2-4-13(11)14)16-9-7-12(18(20)21)10-17(16)19/h2-10H,1H3,(H,20,21). The first-order chi connectivity index (χ1) is 10.1. The summed E-state index contributed by atoms with van der Waals surface area (Å²) >= 11 is 0. The second-order valence-corrected chi connectivity index (χ2v) is 4.98. The van der Waals surface area contributed by atoms with Crippen LogP contribution in [0.1, 0.15) is 15.9 Å². The number of carboxylic acid groups (broad SMARTS) is 1. The molecule has 2 nitrogen and oxygen atoms in total. The first kappa shape index (κ1) is 13.3.